The number of amides is 1. The zero-order valence-corrected chi connectivity index (χ0v) is 12.8. The molecule has 0 fully saturated rings. The monoisotopic (exact) mass is 319 g/mol. The van der Waals surface area contributed by atoms with E-state index in [1.807, 2.05) is 30.3 Å². The normalized spacial score (nSPS) is 10.0. The molecule has 6 nitrogen and oxygen atoms in total. The molecule has 0 aliphatic rings. The van der Waals surface area contributed by atoms with E-state index in [1.54, 1.807) is 25.3 Å². The van der Waals surface area contributed by atoms with E-state index in [0.29, 0.717) is 16.7 Å². The van der Waals surface area contributed by atoms with Gasteiger partial charge in [-0.25, -0.2) is 0 Å². The maximum absolute atomic E-state index is 12.3. The first-order valence-electron chi connectivity index (χ1n) is 7.12. The Balaban J connectivity index is 1.84. The molecule has 0 saturated carbocycles. The average Bonchev–Trinajstić information content (AvgIpc) is 3.10. The fourth-order valence-electron chi connectivity index (χ4n) is 2.21. The van der Waals surface area contributed by atoms with Crippen molar-refractivity contribution in [3.8, 4) is 22.9 Å². The molecular weight excluding hydrogens is 306 g/mol. The van der Waals surface area contributed by atoms with Crippen LogP contribution in [0.3, 0.4) is 0 Å². The lowest BCUT2D eigenvalue weighted by atomic mass is 10.1. The van der Waals surface area contributed by atoms with Gasteiger partial charge in [-0.2, -0.15) is 5.26 Å². The van der Waals surface area contributed by atoms with E-state index in [-0.39, 0.29) is 11.8 Å². The van der Waals surface area contributed by atoms with Crippen molar-refractivity contribution >= 4 is 11.8 Å². The number of ether oxygens (including phenoxy) is 1. The van der Waals surface area contributed by atoms with Crippen molar-refractivity contribution in [1.29, 1.82) is 5.26 Å². The molecule has 0 saturated heterocycles. The summed E-state index contributed by atoms with van der Waals surface area (Å²) < 4.78 is 10.3. The Morgan fingerprint density at radius 1 is 1.25 bits per heavy atom. The van der Waals surface area contributed by atoms with Crippen LogP contribution in [0.4, 0.5) is 5.88 Å². The molecule has 0 bridgehead atoms. The van der Waals surface area contributed by atoms with Gasteiger partial charge in [-0.15, -0.1) is 0 Å². The van der Waals surface area contributed by atoms with Crippen molar-refractivity contribution in [2.45, 2.75) is 0 Å². The second kappa shape index (κ2) is 6.67. The van der Waals surface area contributed by atoms with Crippen LogP contribution in [-0.2, 0) is 0 Å². The van der Waals surface area contributed by atoms with Crippen molar-refractivity contribution < 1.29 is 14.1 Å². The summed E-state index contributed by atoms with van der Waals surface area (Å²) in [6, 6.07) is 15.7. The molecule has 0 unspecified atom stereocenters. The number of anilines is 1. The molecule has 1 heterocycles. The lowest BCUT2D eigenvalue weighted by molar-refractivity contribution is 0.102. The summed E-state index contributed by atoms with van der Waals surface area (Å²) in [5, 5.41) is 15.3. The van der Waals surface area contributed by atoms with E-state index >= 15 is 0 Å². The predicted octanol–water partition coefficient (Wildman–Crippen LogP) is 3.47. The van der Waals surface area contributed by atoms with E-state index in [4.69, 9.17) is 14.5 Å². The van der Waals surface area contributed by atoms with Gasteiger partial charge in [-0.3, -0.25) is 10.1 Å². The molecular formula is C18H13N3O3. The number of nitriles is 1. The number of carbonyl (C=O) groups is 1. The standard InChI is InChI=1S/C18H13N3O3/c1-23-15-7-5-13(6-8-15)16-11-20-24-18(16)21-17(22)14-4-2-3-12(9-14)10-19/h2-9,11H,1H3,(H,21,22). The number of benzene rings is 2. The molecule has 2 aromatic carbocycles. The second-order valence-corrected chi connectivity index (χ2v) is 4.94. The number of carbonyl (C=O) groups excluding carboxylic acids is 1. The van der Waals surface area contributed by atoms with Crippen LogP contribution in [0.2, 0.25) is 0 Å². The van der Waals surface area contributed by atoms with Gasteiger partial charge in [0.2, 0.25) is 5.88 Å². The van der Waals surface area contributed by atoms with Crippen molar-refractivity contribution in [1.82, 2.24) is 5.16 Å². The molecule has 1 aromatic heterocycles. The first-order valence-corrected chi connectivity index (χ1v) is 7.12. The number of rotatable bonds is 4. The highest BCUT2D eigenvalue weighted by Crippen LogP contribution is 2.29. The van der Waals surface area contributed by atoms with Gasteiger partial charge in [0.15, 0.2) is 0 Å². The first-order chi connectivity index (χ1) is 11.7. The fourth-order valence-corrected chi connectivity index (χ4v) is 2.21. The van der Waals surface area contributed by atoms with Crippen LogP contribution in [-0.4, -0.2) is 18.2 Å². The van der Waals surface area contributed by atoms with Gasteiger partial charge in [-0.1, -0.05) is 23.4 Å². The summed E-state index contributed by atoms with van der Waals surface area (Å²) in [6.07, 6.45) is 1.53. The molecule has 118 valence electrons. The summed E-state index contributed by atoms with van der Waals surface area (Å²) in [5.41, 5.74) is 2.27. The van der Waals surface area contributed by atoms with Crippen molar-refractivity contribution in [2.75, 3.05) is 12.4 Å². The van der Waals surface area contributed by atoms with Crippen LogP contribution in [0.1, 0.15) is 15.9 Å². The highest BCUT2D eigenvalue weighted by Gasteiger charge is 2.15. The molecule has 0 aliphatic carbocycles. The third-order valence-corrected chi connectivity index (χ3v) is 3.45. The van der Waals surface area contributed by atoms with Gasteiger partial charge >= 0.3 is 0 Å². The highest BCUT2D eigenvalue weighted by molar-refractivity contribution is 6.05. The molecule has 0 radical (unpaired) electrons. The van der Waals surface area contributed by atoms with Crippen LogP contribution < -0.4 is 10.1 Å². The molecule has 6 heteroatoms. The highest BCUT2D eigenvalue weighted by atomic mass is 16.5. The number of hydrogen-bond acceptors (Lipinski definition) is 5. The minimum Gasteiger partial charge on any atom is -0.497 e. The van der Waals surface area contributed by atoms with E-state index < -0.39 is 0 Å². The molecule has 0 spiro atoms. The maximum Gasteiger partial charge on any atom is 0.258 e. The number of hydrogen-bond donors (Lipinski definition) is 1. The summed E-state index contributed by atoms with van der Waals surface area (Å²) in [5.74, 6) is 0.597. The lowest BCUT2D eigenvalue weighted by Crippen LogP contribution is -2.12. The fraction of sp³-hybridized carbons (Fsp3) is 0.0556. The van der Waals surface area contributed by atoms with Gasteiger partial charge in [0.1, 0.15) is 5.75 Å². The van der Waals surface area contributed by atoms with Crippen molar-refractivity contribution in [3.63, 3.8) is 0 Å². The van der Waals surface area contributed by atoms with Gasteiger partial charge in [0.25, 0.3) is 5.91 Å². The zero-order valence-electron chi connectivity index (χ0n) is 12.8. The van der Waals surface area contributed by atoms with Crippen molar-refractivity contribution in [2.24, 2.45) is 0 Å². The van der Waals surface area contributed by atoms with Gasteiger partial charge in [0, 0.05) is 5.56 Å². The minimum atomic E-state index is -0.376. The minimum absolute atomic E-state index is 0.243. The quantitative estimate of drug-likeness (QED) is 0.795. The Morgan fingerprint density at radius 2 is 2.04 bits per heavy atom. The first kappa shape index (κ1) is 15.3. The van der Waals surface area contributed by atoms with Crippen LogP contribution in [0.15, 0.2) is 59.3 Å². The molecule has 0 atom stereocenters. The Kier molecular flexibility index (Phi) is 4.25. The smallest absolute Gasteiger partial charge is 0.258 e. The van der Waals surface area contributed by atoms with Crippen molar-refractivity contribution in [3.05, 3.63) is 65.9 Å². The predicted molar refractivity (Wildman–Crippen MR) is 87.6 cm³/mol. The summed E-state index contributed by atoms with van der Waals surface area (Å²) in [4.78, 5) is 12.3. The Bertz CT molecular complexity index is 908. The summed E-state index contributed by atoms with van der Waals surface area (Å²) in [6.45, 7) is 0. The van der Waals surface area contributed by atoms with E-state index in [9.17, 15) is 4.79 Å². The largest absolute Gasteiger partial charge is 0.497 e. The topological polar surface area (TPSA) is 88.2 Å². The molecule has 24 heavy (non-hydrogen) atoms. The van der Waals surface area contributed by atoms with Gasteiger partial charge in [0.05, 0.1) is 30.5 Å². The molecule has 0 aliphatic heterocycles. The molecule has 3 aromatic rings. The van der Waals surface area contributed by atoms with Gasteiger partial charge < -0.3 is 9.26 Å². The van der Waals surface area contributed by atoms with E-state index in [0.717, 1.165) is 11.3 Å². The zero-order chi connectivity index (χ0) is 16.9. The van der Waals surface area contributed by atoms with E-state index in [1.165, 1.54) is 12.3 Å². The SMILES string of the molecule is COc1ccc(-c2cnoc2NC(=O)c2cccc(C#N)c2)cc1. The second-order valence-electron chi connectivity index (χ2n) is 4.94. The Morgan fingerprint density at radius 3 is 2.75 bits per heavy atom. The van der Waals surface area contributed by atoms with Crippen LogP contribution in [0, 0.1) is 11.3 Å². The third-order valence-electron chi connectivity index (χ3n) is 3.45. The molecule has 1 N–H and O–H groups in total. The molecule has 1 amide bonds. The maximum atomic E-state index is 12.3. The molecule has 3 rings (SSSR count). The van der Waals surface area contributed by atoms with Crippen LogP contribution in [0.5, 0.6) is 5.75 Å². The van der Waals surface area contributed by atoms with Crippen LogP contribution >= 0.6 is 0 Å². The summed E-state index contributed by atoms with van der Waals surface area (Å²) in [7, 11) is 1.59. The Labute approximate surface area is 138 Å². The summed E-state index contributed by atoms with van der Waals surface area (Å²) >= 11 is 0. The number of methoxy groups -OCH3 is 1. The number of aromatic nitrogens is 1. The Hall–Kier alpha value is -3.59. The van der Waals surface area contributed by atoms with Gasteiger partial charge in [-0.05, 0) is 35.9 Å². The number of nitrogens with zero attached hydrogens (tertiary/aromatic N) is 2. The third kappa shape index (κ3) is 3.10. The number of nitrogens with one attached hydrogen (secondary N) is 1. The van der Waals surface area contributed by atoms with Crippen LogP contribution in [0.25, 0.3) is 11.1 Å². The lowest BCUT2D eigenvalue weighted by Gasteiger charge is -2.05. The van der Waals surface area contributed by atoms with E-state index in [2.05, 4.69) is 10.5 Å². The average molecular weight is 319 g/mol.